The molecule has 0 fully saturated rings. The molecular formula is C17H24N4O3S. The van der Waals surface area contributed by atoms with Crippen molar-refractivity contribution in [1.82, 2.24) is 15.4 Å². The molecule has 1 heterocycles. The molecule has 1 aromatic heterocycles. The van der Waals surface area contributed by atoms with E-state index < -0.39 is 10.0 Å². The van der Waals surface area contributed by atoms with Crippen LogP contribution in [0.1, 0.15) is 16.9 Å². The van der Waals surface area contributed by atoms with Crippen molar-refractivity contribution >= 4 is 16.0 Å². The molecule has 2 rings (SSSR count). The van der Waals surface area contributed by atoms with E-state index in [2.05, 4.69) is 20.3 Å². The molecule has 0 aliphatic heterocycles. The minimum Gasteiger partial charge on any atom is -0.469 e. The summed E-state index contributed by atoms with van der Waals surface area (Å²) in [5.74, 6) is 1.56. The highest BCUT2D eigenvalue weighted by Gasteiger charge is 2.09. The number of nitrogens with one attached hydrogen (secondary N) is 3. The first kappa shape index (κ1) is 19.0. The number of hydrogen-bond acceptors (Lipinski definition) is 4. The number of aliphatic imine (C=N–C) groups is 1. The van der Waals surface area contributed by atoms with Crippen LogP contribution in [0.2, 0.25) is 0 Å². The highest BCUT2D eigenvalue weighted by atomic mass is 32.2. The van der Waals surface area contributed by atoms with Crippen molar-refractivity contribution in [3.05, 3.63) is 59.5 Å². The summed E-state index contributed by atoms with van der Waals surface area (Å²) in [5.41, 5.74) is 1.73. The van der Waals surface area contributed by atoms with Gasteiger partial charge in [0.05, 0.1) is 12.0 Å². The summed E-state index contributed by atoms with van der Waals surface area (Å²) >= 11 is 0. The minimum atomic E-state index is -3.27. The van der Waals surface area contributed by atoms with Crippen LogP contribution in [0.15, 0.2) is 52.1 Å². The Morgan fingerprint density at radius 2 is 1.96 bits per heavy atom. The molecule has 8 heteroatoms. The van der Waals surface area contributed by atoms with E-state index in [-0.39, 0.29) is 5.75 Å². The van der Waals surface area contributed by atoms with Gasteiger partial charge in [0.25, 0.3) is 0 Å². The first-order chi connectivity index (χ1) is 12.0. The van der Waals surface area contributed by atoms with Crippen molar-refractivity contribution in [1.29, 1.82) is 0 Å². The van der Waals surface area contributed by atoms with Gasteiger partial charge in [0, 0.05) is 26.6 Å². The maximum absolute atomic E-state index is 11.6. The lowest BCUT2D eigenvalue weighted by atomic mass is 10.1. The van der Waals surface area contributed by atoms with Gasteiger partial charge in [-0.05, 0) is 30.3 Å². The zero-order chi connectivity index (χ0) is 18.1. The molecule has 3 N–H and O–H groups in total. The summed E-state index contributed by atoms with van der Waals surface area (Å²) in [6.07, 6.45) is 2.43. The van der Waals surface area contributed by atoms with E-state index in [0.29, 0.717) is 19.0 Å². The van der Waals surface area contributed by atoms with Crippen molar-refractivity contribution in [2.24, 2.45) is 4.99 Å². The van der Waals surface area contributed by atoms with Gasteiger partial charge in [-0.15, -0.1) is 0 Å². The number of hydrogen-bond donors (Lipinski definition) is 3. The molecule has 0 radical (unpaired) electrons. The van der Waals surface area contributed by atoms with Crippen LogP contribution >= 0.6 is 0 Å². The van der Waals surface area contributed by atoms with Crippen LogP contribution in [0, 0.1) is 0 Å². The van der Waals surface area contributed by atoms with Crippen LogP contribution in [0.4, 0.5) is 0 Å². The second-order valence-electron chi connectivity index (χ2n) is 5.47. The summed E-state index contributed by atoms with van der Waals surface area (Å²) in [5, 5.41) is 6.43. The summed E-state index contributed by atoms with van der Waals surface area (Å²) in [4.78, 5) is 4.17. The fourth-order valence-corrected chi connectivity index (χ4v) is 3.05. The van der Waals surface area contributed by atoms with Crippen LogP contribution in [0.25, 0.3) is 0 Å². The Morgan fingerprint density at radius 1 is 1.16 bits per heavy atom. The van der Waals surface area contributed by atoms with Crippen molar-refractivity contribution in [2.75, 3.05) is 20.6 Å². The average molecular weight is 364 g/mol. The standard InChI is InChI=1S/C17H24N4O3S/c1-18-17(20-9-8-16-7-4-10-24-16)21-12-14-5-3-6-15(11-14)13-25(22,23)19-2/h3-7,10-11,19H,8-9,12-13H2,1-2H3,(H2,18,20,21). The first-order valence-corrected chi connectivity index (χ1v) is 9.63. The molecule has 1 aromatic carbocycles. The lowest BCUT2D eigenvalue weighted by Gasteiger charge is -2.12. The SMILES string of the molecule is CN=C(NCCc1ccco1)NCc1cccc(CS(=O)(=O)NC)c1. The molecule has 0 saturated carbocycles. The lowest BCUT2D eigenvalue weighted by Crippen LogP contribution is -2.37. The Labute approximate surface area is 148 Å². The van der Waals surface area contributed by atoms with Crippen LogP contribution in [0.3, 0.4) is 0 Å². The third kappa shape index (κ3) is 6.60. The molecule has 25 heavy (non-hydrogen) atoms. The van der Waals surface area contributed by atoms with E-state index in [1.807, 2.05) is 30.3 Å². The zero-order valence-electron chi connectivity index (χ0n) is 14.5. The monoisotopic (exact) mass is 364 g/mol. The van der Waals surface area contributed by atoms with E-state index in [1.54, 1.807) is 19.4 Å². The molecule has 0 unspecified atom stereocenters. The smallest absolute Gasteiger partial charge is 0.215 e. The highest BCUT2D eigenvalue weighted by molar-refractivity contribution is 7.88. The van der Waals surface area contributed by atoms with Gasteiger partial charge < -0.3 is 15.1 Å². The molecule has 0 aliphatic rings. The van der Waals surface area contributed by atoms with Gasteiger partial charge in [0.2, 0.25) is 10.0 Å². The molecule has 7 nitrogen and oxygen atoms in total. The third-order valence-corrected chi connectivity index (χ3v) is 4.92. The van der Waals surface area contributed by atoms with Gasteiger partial charge in [0.1, 0.15) is 5.76 Å². The van der Waals surface area contributed by atoms with Gasteiger partial charge in [-0.2, -0.15) is 0 Å². The fraction of sp³-hybridized carbons (Fsp3) is 0.353. The summed E-state index contributed by atoms with van der Waals surface area (Å²) in [6.45, 7) is 1.25. The number of rotatable bonds is 8. The number of furan rings is 1. The molecule has 0 amide bonds. The Morgan fingerprint density at radius 3 is 2.64 bits per heavy atom. The number of sulfonamides is 1. The fourth-order valence-electron chi connectivity index (χ4n) is 2.29. The van der Waals surface area contributed by atoms with Crippen molar-refractivity contribution < 1.29 is 12.8 Å². The maximum atomic E-state index is 11.6. The van der Waals surface area contributed by atoms with Crippen molar-refractivity contribution in [3.63, 3.8) is 0 Å². The average Bonchev–Trinajstić information content (AvgIpc) is 3.11. The molecule has 0 aliphatic carbocycles. The van der Waals surface area contributed by atoms with E-state index in [4.69, 9.17) is 4.42 Å². The summed E-state index contributed by atoms with van der Waals surface area (Å²) in [6, 6.07) is 11.3. The van der Waals surface area contributed by atoms with Gasteiger partial charge in [-0.1, -0.05) is 24.3 Å². The predicted molar refractivity (Wildman–Crippen MR) is 98.7 cm³/mol. The van der Waals surface area contributed by atoms with Crippen LogP contribution in [0.5, 0.6) is 0 Å². The first-order valence-electron chi connectivity index (χ1n) is 7.98. The van der Waals surface area contributed by atoms with Crippen molar-refractivity contribution in [3.8, 4) is 0 Å². The van der Waals surface area contributed by atoms with Gasteiger partial charge in [0.15, 0.2) is 5.96 Å². The molecular weight excluding hydrogens is 340 g/mol. The molecule has 0 atom stereocenters. The Balaban J connectivity index is 1.84. The van der Waals surface area contributed by atoms with E-state index >= 15 is 0 Å². The summed E-state index contributed by atoms with van der Waals surface area (Å²) < 4.78 is 30.9. The maximum Gasteiger partial charge on any atom is 0.215 e. The predicted octanol–water partition coefficient (Wildman–Crippen LogP) is 1.24. The topological polar surface area (TPSA) is 95.7 Å². The van der Waals surface area contributed by atoms with E-state index in [9.17, 15) is 8.42 Å². The molecule has 2 aromatic rings. The number of benzene rings is 1. The summed E-state index contributed by atoms with van der Waals surface area (Å²) in [7, 11) is -0.152. The van der Waals surface area contributed by atoms with Gasteiger partial charge in [-0.3, -0.25) is 4.99 Å². The van der Waals surface area contributed by atoms with Gasteiger partial charge >= 0.3 is 0 Å². The second kappa shape index (κ2) is 9.24. The van der Waals surface area contributed by atoms with Crippen LogP contribution < -0.4 is 15.4 Å². The number of guanidine groups is 1. The Kier molecular flexibility index (Phi) is 7.03. The normalized spacial score (nSPS) is 12.2. The van der Waals surface area contributed by atoms with Crippen LogP contribution in [-0.4, -0.2) is 35.0 Å². The van der Waals surface area contributed by atoms with Crippen LogP contribution in [-0.2, 0) is 28.7 Å². The van der Waals surface area contributed by atoms with E-state index in [0.717, 1.165) is 23.3 Å². The Hall–Kier alpha value is -2.32. The lowest BCUT2D eigenvalue weighted by molar-refractivity contribution is 0.507. The quantitative estimate of drug-likeness (QED) is 0.484. The molecule has 136 valence electrons. The molecule has 0 bridgehead atoms. The largest absolute Gasteiger partial charge is 0.469 e. The zero-order valence-corrected chi connectivity index (χ0v) is 15.3. The molecule has 0 spiro atoms. The van der Waals surface area contributed by atoms with E-state index in [1.165, 1.54) is 7.05 Å². The molecule has 0 saturated heterocycles. The third-order valence-electron chi connectivity index (χ3n) is 3.59. The second-order valence-corrected chi connectivity index (χ2v) is 7.39. The minimum absolute atomic E-state index is 0.0343. The van der Waals surface area contributed by atoms with Crippen molar-refractivity contribution in [2.45, 2.75) is 18.7 Å². The number of nitrogens with zero attached hydrogens (tertiary/aromatic N) is 1. The Bertz CT molecular complexity index is 786. The van der Waals surface area contributed by atoms with Gasteiger partial charge in [-0.25, -0.2) is 13.1 Å². The highest BCUT2D eigenvalue weighted by Crippen LogP contribution is 2.08.